The van der Waals surface area contributed by atoms with Crippen LogP contribution < -0.4 is 10.1 Å². The third-order valence-electron chi connectivity index (χ3n) is 3.68. The fourth-order valence-electron chi connectivity index (χ4n) is 2.37. The van der Waals surface area contributed by atoms with Gasteiger partial charge in [-0.15, -0.1) is 0 Å². The highest BCUT2D eigenvalue weighted by molar-refractivity contribution is 8.18. The van der Waals surface area contributed by atoms with E-state index in [1.165, 1.54) is 11.8 Å². The van der Waals surface area contributed by atoms with Crippen LogP contribution in [-0.2, 0) is 4.79 Å². The predicted octanol–water partition coefficient (Wildman–Crippen LogP) is 5.98. The third kappa shape index (κ3) is 5.06. The molecule has 2 aromatic rings. The van der Waals surface area contributed by atoms with Gasteiger partial charge in [0.2, 0.25) is 0 Å². The standard InChI is InChI=1S/C20H18Cl2N2O2S/c1-3-8-26-18-15(21)9-13(10-16(18)22)11-17-19(25)24-20(27-17)23-14-6-4-12(2)5-7-14/h4-7,9-11H,3,8H2,1-2H3,(H,23,24,25). The summed E-state index contributed by atoms with van der Waals surface area (Å²) in [6.07, 6.45) is 2.59. The Hall–Kier alpha value is -1.95. The molecule has 1 amide bonds. The lowest BCUT2D eigenvalue weighted by Gasteiger charge is -2.10. The average Bonchev–Trinajstić information content (AvgIpc) is 2.95. The second kappa shape index (κ2) is 8.83. The number of nitrogens with one attached hydrogen (secondary N) is 1. The second-order valence-electron chi connectivity index (χ2n) is 5.98. The Labute approximate surface area is 172 Å². The van der Waals surface area contributed by atoms with Crippen LogP contribution in [0.1, 0.15) is 24.5 Å². The van der Waals surface area contributed by atoms with Crippen molar-refractivity contribution in [3.05, 3.63) is 62.5 Å². The summed E-state index contributed by atoms with van der Waals surface area (Å²) in [6, 6.07) is 11.2. The van der Waals surface area contributed by atoms with E-state index in [0.717, 1.165) is 23.2 Å². The van der Waals surface area contributed by atoms with E-state index in [1.807, 2.05) is 38.1 Å². The minimum atomic E-state index is -0.204. The SMILES string of the molecule is CCCOc1c(Cl)cc(C=C2SC(=Nc3ccc(C)cc3)NC2=O)cc1Cl. The number of hydrogen-bond acceptors (Lipinski definition) is 4. The van der Waals surface area contributed by atoms with Crippen LogP contribution in [-0.4, -0.2) is 17.7 Å². The molecule has 140 valence electrons. The van der Waals surface area contributed by atoms with Gasteiger partial charge in [-0.1, -0.05) is 47.8 Å². The molecular weight excluding hydrogens is 403 g/mol. The van der Waals surface area contributed by atoms with Gasteiger partial charge >= 0.3 is 0 Å². The highest BCUT2D eigenvalue weighted by atomic mass is 35.5. The molecule has 2 aromatic carbocycles. The van der Waals surface area contributed by atoms with Gasteiger partial charge in [0.1, 0.15) is 0 Å². The van der Waals surface area contributed by atoms with E-state index in [0.29, 0.717) is 32.5 Å². The Bertz CT molecular complexity index is 901. The molecule has 1 heterocycles. The first kappa shape index (κ1) is 19.8. The Morgan fingerprint density at radius 1 is 1.19 bits per heavy atom. The van der Waals surface area contributed by atoms with Gasteiger partial charge in [-0.05, 0) is 61.0 Å². The topological polar surface area (TPSA) is 50.7 Å². The summed E-state index contributed by atoms with van der Waals surface area (Å²) in [6.45, 7) is 4.56. The van der Waals surface area contributed by atoms with Crippen LogP contribution in [0.4, 0.5) is 5.69 Å². The van der Waals surface area contributed by atoms with Crippen LogP contribution in [0.2, 0.25) is 10.0 Å². The summed E-state index contributed by atoms with van der Waals surface area (Å²) in [5, 5.41) is 4.14. The van der Waals surface area contributed by atoms with Gasteiger partial charge in [-0.3, -0.25) is 4.79 Å². The number of carbonyl (C=O) groups is 1. The minimum absolute atomic E-state index is 0.204. The second-order valence-corrected chi connectivity index (χ2v) is 7.82. The van der Waals surface area contributed by atoms with Crippen molar-refractivity contribution in [1.29, 1.82) is 0 Å². The zero-order valence-corrected chi connectivity index (χ0v) is 17.2. The van der Waals surface area contributed by atoms with E-state index >= 15 is 0 Å². The van der Waals surface area contributed by atoms with Gasteiger partial charge in [0.25, 0.3) is 5.91 Å². The zero-order chi connectivity index (χ0) is 19.4. The maximum absolute atomic E-state index is 12.2. The number of halogens is 2. The molecule has 1 N–H and O–H groups in total. The number of ether oxygens (including phenoxy) is 1. The first-order valence-corrected chi connectivity index (χ1v) is 10.0. The molecule has 0 bridgehead atoms. The molecule has 1 saturated heterocycles. The van der Waals surface area contributed by atoms with Crippen molar-refractivity contribution in [2.24, 2.45) is 4.99 Å². The first-order chi connectivity index (χ1) is 13.0. The van der Waals surface area contributed by atoms with Crippen molar-refractivity contribution in [2.45, 2.75) is 20.3 Å². The molecule has 0 aliphatic carbocycles. The van der Waals surface area contributed by atoms with Gasteiger partial charge in [0, 0.05) is 0 Å². The molecule has 0 aromatic heterocycles. The monoisotopic (exact) mass is 420 g/mol. The maximum atomic E-state index is 12.2. The smallest absolute Gasteiger partial charge is 0.264 e. The number of nitrogens with zero attached hydrogens (tertiary/aromatic N) is 1. The minimum Gasteiger partial charge on any atom is -0.490 e. The number of amidine groups is 1. The molecule has 1 fully saturated rings. The largest absolute Gasteiger partial charge is 0.490 e. The molecule has 1 aliphatic rings. The van der Waals surface area contributed by atoms with Gasteiger partial charge < -0.3 is 10.1 Å². The van der Waals surface area contributed by atoms with Gasteiger partial charge in [0.15, 0.2) is 10.9 Å². The molecule has 0 spiro atoms. The highest BCUT2D eigenvalue weighted by Crippen LogP contribution is 2.36. The predicted molar refractivity (Wildman–Crippen MR) is 114 cm³/mol. The van der Waals surface area contributed by atoms with Crippen LogP contribution in [0.15, 0.2) is 46.3 Å². The number of carbonyl (C=O) groups excluding carboxylic acids is 1. The van der Waals surface area contributed by atoms with Crippen molar-refractivity contribution in [1.82, 2.24) is 5.32 Å². The zero-order valence-electron chi connectivity index (χ0n) is 14.9. The summed E-state index contributed by atoms with van der Waals surface area (Å²) in [4.78, 5) is 17.2. The Kier molecular flexibility index (Phi) is 6.47. The van der Waals surface area contributed by atoms with Crippen molar-refractivity contribution in [2.75, 3.05) is 6.61 Å². The van der Waals surface area contributed by atoms with E-state index < -0.39 is 0 Å². The van der Waals surface area contributed by atoms with Crippen LogP contribution in [0.5, 0.6) is 5.75 Å². The lowest BCUT2D eigenvalue weighted by molar-refractivity contribution is -0.115. The van der Waals surface area contributed by atoms with Crippen molar-refractivity contribution in [3.8, 4) is 5.75 Å². The summed E-state index contributed by atoms with van der Waals surface area (Å²) >= 11 is 13.8. The summed E-state index contributed by atoms with van der Waals surface area (Å²) in [7, 11) is 0. The van der Waals surface area contributed by atoms with E-state index in [9.17, 15) is 4.79 Å². The maximum Gasteiger partial charge on any atom is 0.264 e. The third-order valence-corrected chi connectivity index (χ3v) is 5.16. The highest BCUT2D eigenvalue weighted by Gasteiger charge is 2.24. The molecular formula is C20H18Cl2N2O2S. The molecule has 0 unspecified atom stereocenters. The van der Waals surface area contributed by atoms with Gasteiger partial charge in [0.05, 0.1) is 27.2 Å². The average molecular weight is 421 g/mol. The van der Waals surface area contributed by atoms with E-state index in [4.69, 9.17) is 27.9 Å². The van der Waals surface area contributed by atoms with E-state index in [2.05, 4.69) is 10.3 Å². The molecule has 0 saturated carbocycles. The van der Waals surface area contributed by atoms with Crippen LogP contribution >= 0.6 is 35.0 Å². The fraction of sp³-hybridized carbons (Fsp3) is 0.200. The van der Waals surface area contributed by atoms with Gasteiger partial charge in [-0.25, -0.2) is 4.99 Å². The molecule has 27 heavy (non-hydrogen) atoms. The van der Waals surface area contributed by atoms with E-state index in [-0.39, 0.29) is 5.91 Å². The lowest BCUT2D eigenvalue weighted by atomic mass is 10.2. The number of amides is 1. The van der Waals surface area contributed by atoms with Crippen molar-refractivity contribution >= 4 is 57.8 Å². The Morgan fingerprint density at radius 2 is 1.85 bits per heavy atom. The quantitative estimate of drug-likeness (QED) is 0.604. The van der Waals surface area contributed by atoms with Crippen molar-refractivity contribution < 1.29 is 9.53 Å². The fourth-order valence-corrected chi connectivity index (χ4v) is 3.83. The van der Waals surface area contributed by atoms with E-state index in [1.54, 1.807) is 18.2 Å². The van der Waals surface area contributed by atoms with Gasteiger partial charge in [-0.2, -0.15) is 0 Å². The van der Waals surface area contributed by atoms with Crippen LogP contribution in [0, 0.1) is 6.92 Å². The molecule has 0 atom stereocenters. The van der Waals surface area contributed by atoms with Crippen LogP contribution in [0.3, 0.4) is 0 Å². The molecule has 4 nitrogen and oxygen atoms in total. The number of hydrogen-bond donors (Lipinski definition) is 1. The number of aliphatic imine (C=N–C) groups is 1. The molecule has 1 aliphatic heterocycles. The summed E-state index contributed by atoms with van der Waals surface area (Å²) in [5.74, 6) is 0.261. The number of thioether (sulfide) groups is 1. The molecule has 0 radical (unpaired) electrons. The first-order valence-electron chi connectivity index (χ1n) is 8.44. The number of aryl methyl sites for hydroxylation is 1. The Morgan fingerprint density at radius 3 is 2.48 bits per heavy atom. The summed E-state index contributed by atoms with van der Waals surface area (Å²) in [5.41, 5.74) is 2.67. The number of rotatable bonds is 5. The van der Waals surface area contributed by atoms with Crippen molar-refractivity contribution in [3.63, 3.8) is 0 Å². The Balaban J connectivity index is 1.81. The number of benzene rings is 2. The molecule has 7 heteroatoms. The normalized spacial score (nSPS) is 16.8. The van der Waals surface area contributed by atoms with Crippen LogP contribution in [0.25, 0.3) is 6.08 Å². The molecule has 3 rings (SSSR count). The lowest BCUT2D eigenvalue weighted by Crippen LogP contribution is -2.19. The summed E-state index contributed by atoms with van der Waals surface area (Å²) < 4.78 is 5.57.